The van der Waals surface area contributed by atoms with Gasteiger partial charge in [-0.05, 0) is 25.2 Å². The Kier molecular flexibility index (Phi) is 4.58. The fourth-order valence-electron chi connectivity index (χ4n) is 2.56. The van der Waals surface area contributed by atoms with Gasteiger partial charge in [0, 0.05) is 18.5 Å². The van der Waals surface area contributed by atoms with Crippen LogP contribution in [0.2, 0.25) is 0 Å². The van der Waals surface area contributed by atoms with Crippen molar-refractivity contribution in [3.8, 4) is 0 Å². The van der Waals surface area contributed by atoms with E-state index >= 15 is 0 Å². The molecule has 1 aromatic rings. The molecule has 0 aromatic carbocycles. The highest BCUT2D eigenvalue weighted by molar-refractivity contribution is 7.13. The number of hydrogen-bond acceptors (Lipinski definition) is 4. The highest BCUT2D eigenvalue weighted by Crippen LogP contribution is 2.27. The van der Waals surface area contributed by atoms with Crippen LogP contribution in [0.15, 0.2) is 5.38 Å². The molecule has 1 atom stereocenters. The molecule has 2 heterocycles. The zero-order chi connectivity index (χ0) is 13.0. The fourth-order valence-corrected chi connectivity index (χ4v) is 3.41. The van der Waals surface area contributed by atoms with Crippen molar-refractivity contribution < 1.29 is 9.90 Å². The van der Waals surface area contributed by atoms with E-state index in [-0.39, 0.29) is 5.69 Å². The van der Waals surface area contributed by atoms with Gasteiger partial charge in [0.25, 0.3) is 0 Å². The highest BCUT2D eigenvalue weighted by atomic mass is 32.1. The molecule has 4 nitrogen and oxygen atoms in total. The van der Waals surface area contributed by atoms with Crippen molar-refractivity contribution in [2.75, 3.05) is 18.0 Å². The van der Waals surface area contributed by atoms with E-state index in [9.17, 15) is 4.79 Å². The topological polar surface area (TPSA) is 53.4 Å². The smallest absolute Gasteiger partial charge is 0.355 e. The third-order valence-corrected chi connectivity index (χ3v) is 4.43. The first-order chi connectivity index (χ1) is 8.70. The van der Waals surface area contributed by atoms with Crippen LogP contribution in [-0.2, 0) is 0 Å². The average Bonchev–Trinajstić information content (AvgIpc) is 2.72. The number of thiazole rings is 1. The number of carboxylic acids is 1. The molecule has 1 unspecified atom stereocenters. The molecule has 100 valence electrons. The number of aromatic nitrogens is 1. The summed E-state index contributed by atoms with van der Waals surface area (Å²) in [4.78, 5) is 17.3. The molecule has 1 aromatic heterocycles. The van der Waals surface area contributed by atoms with Gasteiger partial charge >= 0.3 is 5.97 Å². The Morgan fingerprint density at radius 1 is 1.56 bits per heavy atom. The molecule has 0 radical (unpaired) electrons. The van der Waals surface area contributed by atoms with Crippen molar-refractivity contribution in [3.05, 3.63) is 11.1 Å². The normalized spacial score (nSPS) is 20.7. The molecule has 2 rings (SSSR count). The zero-order valence-corrected chi connectivity index (χ0v) is 11.6. The maximum atomic E-state index is 10.8. The molecular formula is C13H20N2O2S. The second kappa shape index (κ2) is 6.18. The molecule has 1 saturated heterocycles. The average molecular weight is 268 g/mol. The highest BCUT2D eigenvalue weighted by Gasteiger charge is 2.19. The van der Waals surface area contributed by atoms with E-state index in [0.29, 0.717) is 0 Å². The molecule has 1 N–H and O–H groups in total. The first-order valence-corrected chi connectivity index (χ1v) is 7.52. The van der Waals surface area contributed by atoms with Crippen LogP contribution >= 0.6 is 11.3 Å². The predicted molar refractivity (Wildman–Crippen MR) is 73.5 cm³/mol. The van der Waals surface area contributed by atoms with Gasteiger partial charge in [-0.3, -0.25) is 0 Å². The van der Waals surface area contributed by atoms with E-state index in [0.717, 1.165) is 24.1 Å². The van der Waals surface area contributed by atoms with Crippen molar-refractivity contribution >= 4 is 22.4 Å². The lowest BCUT2D eigenvalue weighted by molar-refractivity contribution is 0.0691. The molecule has 0 aliphatic carbocycles. The molecule has 5 heteroatoms. The Bertz CT molecular complexity index is 405. The van der Waals surface area contributed by atoms with Gasteiger partial charge in [-0.1, -0.05) is 19.8 Å². The second-order valence-corrected chi connectivity index (χ2v) is 5.73. The minimum Gasteiger partial charge on any atom is -0.476 e. The van der Waals surface area contributed by atoms with E-state index in [1.54, 1.807) is 5.38 Å². The molecule has 0 bridgehead atoms. The lowest BCUT2D eigenvalue weighted by atomic mass is 9.96. The van der Waals surface area contributed by atoms with Crippen molar-refractivity contribution in [2.24, 2.45) is 5.92 Å². The monoisotopic (exact) mass is 268 g/mol. The third kappa shape index (κ3) is 3.22. The first-order valence-electron chi connectivity index (χ1n) is 6.64. The van der Waals surface area contributed by atoms with Gasteiger partial charge in [0.2, 0.25) is 0 Å². The van der Waals surface area contributed by atoms with Crippen LogP contribution < -0.4 is 4.90 Å². The zero-order valence-electron chi connectivity index (χ0n) is 10.8. The van der Waals surface area contributed by atoms with Crippen LogP contribution in [0.4, 0.5) is 5.13 Å². The lowest BCUT2D eigenvalue weighted by Crippen LogP contribution is -2.24. The van der Waals surface area contributed by atoms with Crippen molar-refractivity contribution in [1.29, 1.82) is 0 Å². The van der Waals surface area contributed by atoms with Crippen LogP contribution in [-0.4, -0.2) is 29.1 Å². The van der Waals surface area contributed by atoms with Gasteiger partial charge < -0.3 is 10.0 Å². The SMILES string of the molecule is CCCC1CCCN(c2nc(C(=O)O)cs2)CC1. The van der Waals surface area contributed by atoms with Crippen molar-refractivity contribution in [3.63, 3.8) is 0 Å². The maximum Gasteiger partial charge on any atom is 0.355 e. The molecular weight excluding hydrogens is 248 g/mol. The van der Waals surface area contributed by atoms with Crippen LogP contribution in [0.1, 0.15) is 49.5 Å². The van der Waals surface area contributed by atoms with Gasteiger partial charge in [-0.2, -0.15) is 0 Å². The molecule has 1 fully saturated rings. The number of anilines is 1. The summed E-state index contributed by atoms with van der Waals surface area (Å²) >= 11 is 1.44. The second-order valence-electron chi connectivity index (χ2n) is 4.89. The van der Waals surface area contributed by atoms with E-state index in [2.05, 4.69) is 16.8 Å². The Hall–Kier alpha value is -1.10. The molecule has 18 heavy (non-hydrogen) atoms. The lowest BCUT2D eigenvalue weighted by Gasteiger charge is -2.19. The largest absolute Gasteiger partial charge is 0.476 e. The number of hydrogen-bond donors (Lipinski definition) is 1. The van der Waals surface area contributed by atoms with Crippen LogP contribution in [0, 0.1) is 5.92 Å². The minimum absolute atomic E-state index is 0.171. The van der Waals surface area contributed by atoms with Crippen LogP contribution in [0.5, 0.6) is 0 Å². The van der Waals surface area contributed by atoms with E-state index in [1.165, 1.54) is 43.4 Å². The Labute approximate surface area is 112 Å². The van der Waals surface area contributed by atoms with Crippen molar-refractivity contribution in [1.82, 2.24) is 4.98 Å². The van der Waals surface area contributed by atoms with Gasteiger partial charge in [0.05, 0.1) is 0 Å². The summed E-state index contributed by atoms with van der Waals surface area (Å²) in [5, 5.41) is 11.4. The number of nitrogens with zero attached hydrogens (tertiary/aromatic N) is 2. The quantitative estimate of drug-likeness (QED) is 0.910. The predicted octanol–water partition coefficient (Wildman–Crippen LogP) is 3.25. The third-order valence-electron chi connectivity index (χ3n) is 3.53. The summed E-state index contributed by atoms with van der Waals surface area (Å²) in [5.74, 6) is -0.102. The summed E-state index contributed by atoms with van der Waals surface area (Å²) < 4.78 is 0. The van der Waals surface area contributed by atoms with Gasteiger partial charge in [-0.25, -0.2) is 9.78 Å². The Morgan fingerprint density at radius 3 is 3.06 bits per heavy atom. The maximum absolute atomic E-state index is 10.8. The molecule has 0 amide bonds. The fraction of sp³-hybridized carbons (Fsp3) is 0.692. The van der Waals surface area contributed by atoms with Gasteiger partial charge in [0.1, 0.15) is 0 Å². The number of carbonyl (C=O) groups is 1. The summed E-state index contributed by atoms with van der Waals surface area (Å²) in [7, 11) is 0. The number of aromatic carboxylic acids is 1. The van der Waals surface area contributed by atoms with Crippen LogP contribution in [0.25, 0.3) is 0 Å². The standard InChI is InChI=1S/C13H20N2O2S/c1-2-4-10-5-3-7-15(8-6-10)13-14-11(9-18-13)12(16)17/h9-10H,2-8H2,1H3,(H,16,17). The van der Waals surface area contributed by atoms with E-state index < -0.39 is 5.97 Å². The van der Waals surface area contributed by atoms with E-state index in [4.69, 9.17) is 5.11 Å². The number of carboxylic acid groups (broad SMARTS) is 1. The summed E-state index contributed by atoms with van der Waals surface area (Å²) in [6.45, 7) is 4.26. The van der Waals surface area contributed by atoms with E-state index in [1.807, 2.05) is 0 Å². The minimum atomic E-state index is -0.934. The molecule has 0 saturated carbocycles. The molecule has 1 aliphatic heterocycles. The summed E-state index contributed by atoms with van der Waals surface area (Å²) in [5.41, 5.74) is 0.171. The Balaban J connectivity index is 1.98. The number of rotatable bonds is 4. The summed E-state index contributed by atoms with van der Waals surface area (Å²) in [6.07, 6.45) is 6.25. The molecule has 0 spiro atoms. The molecule has 1 aliphatic rings. The van der Waals surface area contributed by atoms with Gasteiger partial charge in [0.15, 0.2) is 10.8 Å². The Morgan fingerprint density at radius 2 is 2.39 bits per heavy atom. The van der Waals surface area contributed by atoms with Gasteiger partial charge in [-0.15, -0.1) is 11.3 Å². The van der Waals surface area contributed by atoms with Crippen molar-refractivity contribution in [2.45, 2.75) is 39.0 Å². The van der Waals surface area contributed by atoms with Crippen LogP contribution in [0.3, 0.4) is 0 Å². The first kappa shape index (κ1) is 13.3. The summed E-state index contributed by atoms with van der Waals surface area (Å²) in [6, 6.07) is 0.